The van der Waals surface area contributed by atoms with Crippen molar-refractivity contribution in [3.63, 3.8) is 0 Å². The van der Waals surface area contributed by atoms with E-state index in [2.05, 4.69) is 42.2 Å². The highest BCUT2D eigenvalue weighted by Crippen LogP contribution is 2.43. The van der Waals surface area contributed by atoms with Gasteiger partial charge in [-0.3, -0.25) is 9.80 Å². The van der Waals surface area contributed by atoms with Gasteiger partial charge in [-0.1, -0.05) is 24.3 Å². The molecule has 0 aliphatic carbocycles. The van der Waals surface area contributed by atoms with E-state index in [1.54, 1.807) is 0 Å². The Morgan fingerprint density at radius 1 is 1.12 bits per heavy atom. The molecule has 4 nitrogen and oxygen atoms in total. The number of hydrogen-bond donors (Lipinski definition) is 0. The summed E-state index contributed by atoms with van der Waals surface area (Å²) in [6.45, 7) is 6.00. The number of piperidine rings is 3. The maximum Gasteiger partial charge on any atom is 0.415 e. The number of anilines is 1. The Bertz CT molecular complexity index is 825. The number of hydrogen-bond acceptors (Lipinski definition) is 3. The maximum atomic E-state index is 12.6. The lowest BCUT2D eigenvalue weighted by molar-refractivity contribution is -0.0881. The molecule has 4 aliphatic rings. The molecular weight excluding hydrogens is 300 g/mol. The number of carbonyl (C=O) groups is 1. The van der Waals surface area contributed by atoms with Crippen molar-refractivity contribution >= 4 is 22.6 Å². The van der Waals surface area contributed by atoms with Crippen LogP contribution >= 0.6 is 0 Å². The number of rotatable bonds is 1. The Kier molecular flexibility index (Phi) is 2.95. The summed E-state index contributed by atoms with van der Waals surface area (Å²) in [5.41, 5.74) is 1.89. The van der Waals surface area contributed by atoms with E-state index in [1.807, 2.05) is 11.0 Å². The fraction of sp³-hybridized carbons (Fsp3) is 0.450. The van der Waals surface area contributed by atoms with Crippen molar-refractivity contribution < 1.29 is 9.53 Å². The second kappa shape index (κ2) is 4.96. The summed E-state index contributed by atoms with van der Waals surface area (Å²) >= 11 is 0. The average Bonchev–Trinajstić information content (AvgIpc) is 2.92. The molecule has 2 aromatic carbocycles. The van der Waals surface area contributed by atoms with Crippen LogP contribution in [0.1, 0.15) is 18.4 Å². The van der Waals surface area contributed by atoms with Gasteiger partial charge in [0.05, 0.1) is 6.54 Å². The minimum Gasteiger partial charge on any atom is -0.439 e. The molecule has 0 unspecified atom stereocenters. The number of carbonyl (C=O) groups excluding carboxylic acids is 1. The SMILES string of the molecule is Cc1cccc2ccc(N3C[C@@]4(CN5CCC4CC5)OC3=O)cc12. The van der Waals surface area contributed by atoms with Gasteiger partial charge in [-0.05, 0) is 61.3 Å². The molecule has 4 heteroatoms. The molecule has 24 heavy (non-hydrogen) atoms. The predicted octanol–water partition coefficient (Wildman–Crippen LogP) is 3.57. The summed E-state index contributed by atoms with van der Waals surface area (Å²) in [7, 11) is 0. The van der Waals surface area contributed by atoms with Crippen molar-refractivity contribution in [2.45, 2.75) is 25.4 Å². The molecular formula is C20H22N2O2. The van der Waals surface area contributed by atoms with Crippen molar-refractivity contribution in [1.29, 1.82) is 0 Å². The Morgan fingerprint density at radius 3 is 2.71 bits per heavy atom. The van der Waals surface area contributed by atoms with Gasteiger partial charge in [0, 0.05) is 18.2 Å². The monoisotopic (exact) mass is 322 g/mol. The summed E-state index contributed by atoms with van der Waals surface area (Å²) in [6, 6.07) is 12.6. The molecule has 0 saturated carbocycles. The highest BCUT2D eigenvalue weighted by molar-refractivity contribution is 5.95. The van der Waals surface area contributed by atoms with Crippen molar-refractivity contribution in [2.24, 2.45) is 5.92 Å². The predicted molar refractivity (Wildman–Crippen MR) is 94.4 cm³/mol. The lowest BCUT2D eigenvalue weighted by Crippen LogP contribution is -2.61. The zero-order valence-electron chi connectivity index (χ0n) is 14.0. The van der Waals surface area contributed by atoms with E-state index in [9.17, 15) is 4.79 Å². The van der Waals surface area contributed by atoms with Gasteiger partial charge >= 0.3 is 6.09 Å². The first kappa shape index (κ1) is 14.3. The zero-order chi connectivity index (χ0) is 16.3. The minimum atomic E-state index is -0.297. The minimum absolute atomic E-state index is 0.184. The van der Waals surface area contributed by atoms with E-state index in [0.29, 0.717) is 12.5 Å². The molecule has 1 spiro atoms. The summed E-state index contributed by atoms with van der Waals surface area (Å²) < 4.78 is 5.98. The molecule has 0 N–H and O–H groups in total. The van der Waals surface area contributed by atoms with Crippen LogP contribution in [0.15, 0.2) is 36.4 Å². The van der Waals surface area contributed by atoms with Gasteiger partial charge in [0.15, 0.2) is 0 Å². The lowest BCUT2D eigenvalue weighted by Gasteiger charge is -2.49. The van der Waals surface area contributed by atoms with Crippen LogP contribution in [0.3, 0.4) is 0 Å². The van der Waals surface area contributed by atoms with Crippen molar-refractivity contribution in [3.05, 3.63) is 42.0 Å². The Labute approximate surface area is 142 Å². The average molecular weight is 322 g/mol. The molecule has 0 radical (unpaired) electrons. The molecule has 2 aromatic rings. The molecule has 0 aromatic heterocycles. The van der Waals surface area contributed by atoms with Gasteiger partial charge < -0.3 is 4.74 Å². The van der Waals surface area contributed by atoms with Gasteiger partial charge in [0.1, 0.15) is 5.60 Å². The molecule has 4 fully saturated rings. The van der Waals surface area contributed by atoms with E-state index in [-0.39, 0.29) is 11.7 Å². The zero-order valence-corrected chi connectivity index (χ0v) is 14.0. The van der Waals surface area contributed by atoms with Crippen LogP contribution in [0.2, 0.25) is 0 Å². The number of benzene rings is 2. The summed E-state index contributed by atoms with van der Waals surface area (Å²) in [4.78, 5) is 16.9. The van der Waals surface area contributed by atoms with Gasteiger partial charge in [0.25, 0.3) is 0 Å². The van der Waals surface area contributed by atoms with E-state index in [1.165, 1.54) is 16.3 Å². The lowest BCUT2D eigenvalue weighted by atomic mass is 9.75. The number of ether oxygens (including phenoxy) is 1. The normalized spacial score (nSPS) is 31.9. The number of fused-ring (bicyclic) bond motifs is 3. The second-order valence-corrected chi connectivity index (χ2v) is 7.55. The number of nitrogens with zero attached hydrogens (tertiary/aromatic N) is 2. The van der Waals surface area contributed by atoms with Crippen LogP contribution in [0.4, 0.5) is 10.5 Å². The molecule has 2 bridgehead atoms. The Hall–Kier alpha value is -2.07. The summed E-state index contributed by atoms with van der Waals surface area (Å²) in [5, 5.41) is 2.42. The second-order valence-electron chi connectivity index (χ2n) is 7.55. The topological polar surface area (TPSA) is 32.8 Å². The van der Waals surface area contributed by atoms with Crippen LogP contribution in [-0.2, 0) is 4.74 Å². The first-order chi connectivity index (χ1) is 11.6. The first-order valence-corrected chi connectivity index (χ1v) is 8.87. The van der Waals surface area contributed by atoms with Crippen LogP contribution < -0.4 is 4.90 Å². The summed E-state index contributed by atoms with van der Waals surface area (Å²) in [6.07, 6.45) is 2.12. The van der Waals surface area contributed by atoms with Crippen LogP contribution in [-0.4, -0.2) is 42.8 Å². The van der Waals surface area contributed by atoms with Crippen LogP contribution in [0.5, 0.6) is 0 Å². The molecule has 1 atom stereocenters. The Balaban J connectivity index is 1.51. The van der Waals surface area contributed by atoms with E-state index < -0.39 is 0 Å². The van der Waals surface area contributed by atoms with Crippen molar-refractivity contribution in [1.82, 2.24) is 4.90 Å². The number of amides is 1. The van der Waals surface area contributed by atoms with Crippen LogP contribution in [0.25, 0.3) is 10.8 Å². The van der Waals surface area contributed by atoms with Crippen molar-refractivity contribution in [2.75, 3.05) is 31.1 Å². The molecule has 4 saturated heterocycles. The molecule has 1 amide bonds. The quantitative estimate of drug-likeness (QED) is 0.805. The van der Waals surface area contributed by atoms with E-state index in [4.69, 9.17) is 4.74 Å². The maximum absolute atomic E-state index is 12.6. The fourth-order valence-electron chi connectivity index (χ4n) is 4.79. The van der Waals surface area contributed by atoms with Gasteiger partial charge in [0.2, 0.25) is 0 Å². The smallest absolute Gasteiger partial charge is 0.415 e. The first-order valence-electron chi connectivity index (χ1n) is 8.87. The highest BCUT2D eigenvalue weighted by atomic mass is 16.6. The Morgan fingerprint density at radius 2 is 1.96 bits per heavy atom. The third-order valence-corrected chi connectivity index (χ3v) is 6.15. The summed E-state index contributed by atoms with van der Waals surface area (Å²) in [5.74, 6) is 0.513. The third kappa shape index (κ3) is 1.99. The van der Waals surface area contributed by atoms with E-state index in [0.717, 1.165) is 38.2 Å². The fourth-order valence-corrected chi connectivity index (χ4v) is 4.79. The largest absolute Gasteiger partial charge is 0.439 e. The molecule has 124 valence electrons. The third-order valence-electron chi connectivity index (χ3n) is 6.15. The van der Waals surface area contributed by atoms with E-state index >= 15 is 0 Å². The van der Waals surface area contributed by atoms with Gasteiger partial charge in [-0.2, -0.15) is 0 Å². The molecule has 4 aliphatic heterocycles. The molecule has 4 heterocycles. The van der Waals surface area contributed by atoms with Crippen LogP contribution in [0, 0.1) is 12.8 Å². The van der Waals surface area contributed by atoms with Gasteiger partial charge in [-0.15, -0.1) is 0 Å². The van der Waals surface area contributed by atoms with Crippen molar-refractivity contribution in [3.8, 4) is 0 Å². The van der Waals surface area contributed by atoms with Gasteiger partial charge in [-0.25, -0.2) is 4.79 Å². The molecule has 6 rings (SSSR count). The standard InChI is InChI=1S/C20H22N2O2/c1-14-3-2-4-15-5-6-17(11-18(14)15)22-13-20(24-19(22)23)12-21-9-7-16(20)8-10-21/h2-6,11,16H,7-10,12-13H2,1H3/t20-/m1/s1. The highest BCUT2D eigenvalue weighted by Gasteiger charge is 2.55. The number of aryl methyl sites for hydroxylation is 1.